The Hall–Kier alpha value is -2.34. The number of hydrogen-bond donors (Lipinski definition) is 0. The van der Waals surface area contributed by atoms with E-state index in [-0.39, 0.29) is 16.6 Å². The molecule has 0 unspecified atom stereocenters. The first-order chi connectivity index (χ1) is 11.2. The SMILES string of the molecule is COc1cc(Oc2ccc(S(C)(=O)=O)cc2)cc(C(=O)C(C)C)c1. The van der Waals surface area contributed by atoms with E-state index in [4.69, 9.17) is 9.47 Å². The molecule has 0 aliphatic rings. The van der Waals surface area contributed by atoms with Crippen molar-refractivity contribution in [1.29, 1.82) is 0 Å². The van der Waals surface area contributed by atoms with Crippen molar-refractivity contribution in [2.24, 2.45) is 5.92 Å². The first-order valence-electron chi connectivity index (χ1n) is 7.42. The third kappa shape index (κ3) is 4.35. The van der Waals surface area contributed by atoms with E-state index in [9.17, 15) is 13.2 Å². The number of carbonyl (C=O) groups is 1. The van der Waals surface area contributed by atoms with E-state index in [1.165, 1.54) is 19.2 Å². The summed E-state index contributed by atoms with van der Waals surface area (Å²) in [7, 11) is -1.73. The summed E-state index contributed by atoms with van der Waals surface area (Å²) in [5.41, 5.74) is 0.507. The standard InChI is InChI=1S/C18H20O5S/c1-12(2)18(19)13-9-15(22-3)11-16(10-13)23-14-5-7-17(8-6-14)24(4,20)21/h5-12H,1-4H3. The fourth-order valence-corrected chi connectivity index (χ4v) is 2.75. The van der Waals surface area contributed by atoms with Gasteiger partial charge in [-0.2, -0.15) is 0 Å². The molecule has 0 bridgehead atoms. The van der Waals surface area contributed by atoms with Gasteiger partial charge in [0, 0.05) is 23.8 Å². The number of methoxy groups -OCH3 is 1. The predicted octanol–water partition coefficient (Wildman–Crippen LogP) is 3.73. The Kier molecular flexibility index (Phi) is 5.29. The number of hydrogen-bond acceptors (Lipinski definition) is 5. The van der Waals surface area contributed by atoms with Crippen LogP contribution < -0.4 is 9.47 Å². The van der Waals surface area contributed by atoms with Gasteiger partial charge in [-0.25, -0.2) is 8.42 Å². The zero-order valence-corrected chi connectivity index (χ0v) is 14.9. The fraction of sp³-hybridized carbons (Fsp3) is 0.278. The third-order valence-corrected chi connectivity index (χ3v) is 4.54. The average Bonchev–Trinajstić information content (AvgIpc) is 2.53. The van der Waals surface area contributed by atoms with Crippen LogP contribution in [0, 0.1) is 5.92 Å². The Balaban J connectivity index is 2.32. The largest absolute Gasteiger partial charge is 0.497 e. The smallest absolute Gasteiger partial charge is 0.175 e. The zero-order chi connectivity index (χ0) is 17.9. The lowest BCUT2D eigenvalue weighted by molar-refractivity contribution is 0.0938. The van der Waals surface area contributed by atoms with Crippen LogP contribution in [0.5, 0.6) is 17.2 Å². The van der Waals surface area contributed by atoms with Gasteiger partial charge in [-0.3, -0.25) is 4.79 Å². The molecule has 0 N–H and O–H groups in total. The minimum Gasteiger partial charge on any atom is -0.497 e. The van der Waals surface area contributed by atoms with Crippen molar-refractivity contribution in [3.05, 3.63) is 48.0 Å². The molecular weight excluding hydrogens is 328 g/mol. The van der Waals surface area contributed by atoms with Crippen LogP contribution in [0.25, 0.3) is 0 Å². The molecule has 128 valence electrons. The van der Waals surface area contributed by atoms with Crippen LogP contribution in [0.15, 0.2) is 47.4 Å². The highest BCUT2D eigenvalue weighted by molar-refractivity contribution is 7.90. The maximum Gasteiger partial charge on any atom is 0.175 e. The first-order valence-corrected chi connectivity index (χ1v) is 9.31. The van der Waals surface area contributed by atoms with Gasteiger partial charge in [0.25, 0.3) is 0 Å². The molecule has 0 radical (unpaired) electrons. The van der Waals surface area contributed by atoms with Crippen molar-refractivity contribution in [1.82, 2.24) is 0 Å². The van der Waals surface area contributed by atoms with Gasteiger partial charge in [-0.05, 0) is 36.4 Å². The summed E-state index contributed by atoms with van der Waals surface area (Å²) in [6, 6.07) is 11.1. The molecule has 0 saturated carbocycles. The second kappa shape index (κ2) is 7.05. The van der Waals surface area contributed by atoms with E-state index in [2.05, 4.69) is 0 Å². The maximum absolute atomic E-state index is 12.2. The third-order valence-electron chi connectivity index (χ3n) is 3.41. The highest BCUT2D eigenvalue weighted by atomic mass is 32.2. The molecule has 2 aromatic carbocycles. The molecule has 0 amide bonds. The van der Waals surface area contributed by atoms with Crippen LogP contribution in [0.2, 0.25) is 0 Å². The van der Waals surface area contributed by atoms with Crippen molar-refractivity contribution < 1.29 is 22.7 Å². The van der Waals surface area contributed by atoms with E-state index < -0.39 is 9.84 Å². The number of ketones is 1. The van der Waals surface area contributed by atoms with Crippen LogP contribution in [-0.2, 0) is 9.84 Å². The van der Waals surface area contributed by atoms with Gasteiger partial charge in [-0.1, -0.05) is 13.8 Å². The van der Waals surface area contributed by atoms with E-state index in [1.54, 1.807) is 30.3 Å². The molecule has 0 aliphatic carbocycles. The topological polar surface area (TPSA) is 69.7 Å². The Bertz CT molecular complexity index is 836. The summed E-state index contributed by atoms with van der Waals surface area (Å²) < 4.78 is 33.9. The Labute approximate surface area is 142 Å². The highest BCUT2D eigenvalue weighted by Gasteiger charge is 2.14. The van der Waals surface area contributed by atoms with E-state index in [0.717, 1.165) is 6.26 Å². The molecule has 0 atom stereocenters. The number of Topliss-reactive ketones (excluding diaryl/α,β-unsaturated/α-hetero) is 1. The monoisotopic (exact) mass is 348 g/mol. The van der Waals surface area contributed by atoms with Gasteiger partial charge in [0.05, 0.1) is 12.0 Å². The second-order valence-electron chi connectivity index (χ2n) is 5.76. The first kappa shape index (κ1) is 18.0. The number of rotatable bonds is 6. The van der Waals surface area contributed by atoms with Crippen molar-refractivity contribution in [3.63, 3.8) is 0 Å². The molecule has 0 fully saturated rings. The second-order valence-corrected chi connectivity index (χ2v) is 7.78. The van der Waals surface area contributed by atoms with E-state index in [1.807, 2.05) is 13.8 Å². The quantitative estimate of drug-likeness (QED) is 0.744. The lowest BCUT2D eigenvalue weighted by Gasteiger charge is -2.11. The van der Waals surface area contributed by atoms with Crippen molar-refractivity contribution in [2.45, 2.75) is 18.7 Å². The molecule has 5 nitrogen and oxygen atoms in total. The molecule has 24 heavy (non-hydrogen) atoms. The predicted molar refractivity (Wildman–Crippen MR) is 91.8 cm³/mol. The summed E-state index contributed by atoms with van der Waals surface area (Å²) in [6.07, 6.45) is 1.15. The van der Waals surface area contributed by atoms with Crippen molar-refractivity contribution in [3.8, 4) is 17.2 Å². The average molecular weight is 348 g/mol. The number of benzene rings is 2. The highest BCUT2D eigenvalue weighted by Crippen LogP contribution is 2.29. The van der Waals surface area contributed by atoms with Gasteiger partial charge >= 0.3 is 0 Å². The van der Waals surface area contributed by atoms with Gasteiger partial charge in [0.15, 0.2) is 15.6 Å². The molecular formula is C18H20O5S. The molecule has 2 aromatic rings. The Morgan fingerprint density at radius 2 is 1.54 bits per heavy atom. The molecule has 0 aromatic heterocycles. The van der Waals surface area contributed by atoms with Gasteiger partial charge in [-0.15, -0.1) is 0 Å². The number of sulfone groups is 1. The molecule has 0 spiro atoms. The molecule has 0 saturated heterocycles. The summed E-state index contributed by atoms with van der Waals surface area (Å²) in [5.74, 6) is 1.29. The van der Waals surface area contributed by atoms with Crippen LogP contribution in [0.1, 0.15) is 24.2 Å². The minimum absolute atomic E-state index is 0.00817. The molecule has 2 rings (SSSR count). The van der Waals surface area contributed by atoms with Crippen LogP contribution >= 0.6 is 0 Å². The lowest BCUT2D eigenvalue weighted by atomic mass is 10.0. The van der Waals surface area contributed by atoms with Gasteiger partial charge < -0.3 is 9.47 Å². The van der Waals surface area contributed by atoms with E-state index >= 15 is 0 Å². The summed E-state index contributed by atoms with van der Waals surface area (Å²) in [4.78, 5) is 12.4. The molecule has 6 heteroatoms. The van der Waals surface area contributed by atoms with Crippen molar-refractivity contribution >= 4 is 15.6 Å². The Morgan fingerprint density at radius 3 is 2.04 bits per heavy atom. The van der Waals surface area contributed by atoms with Gasteiger partial charge in [0.1, 0.15) is 17.2 Å². The van der Waals surface area contributed by atoms with Crippen LogP contribution in [-0.4, -0.2) is 27.6 Å². The fourth-order valence-electron chi connectivity index (χ4n) is 2.12. The summed E-state index contributed by atoms with van der Waals surface area (Å²) in [5, 5.41) is 0. The number of ether oxygens (including phenoxy) is 2. The normalized spacial score (nSPS) is 11.4. The maximum atomic E-state index is 12.2. The van der Waals surface area contributed by atoms with Gasteiger partial charge in [0.2, 0.25) is 0 Å². The summed E-state index contributed by atoms with van der Waals surface area (Å²) >= 11 is 0. The van der Waals surface area contributed by atoms with Crippen LogP contribution in [0.3, 0.4) is 0 Å². The zero-order valence-electron chi connectivity index (χ0n) is 14.1. The van der Waals surface area contributed by atoms with Crippen molar-refractivity contribution in [2.75, 3.05) is 13.4 Å². The minimum atomic E-state index is -3.25. The molecule has 0 aliphatic heterocycles. The van der Waals surface area contributed by atoms with E-state index in [0.29, 0.717) is 22.8 Å². The summed E-state index contributed by atoms with van der Waals surface area (Å²) in [6.45, 7) is 3.65. The van der Waals surface area contributed by atoms with Crippen LogP contribution in [0.4, 0.5) is 0 Å². The lowest BCUT2D eigenvalue weighted by Crippen LogP contribution is -2.07. The molecule has 0 heterocycles. The number of carbonyl (C=O) groups excluding carboxylic acids is 1. The Morgan fingerprint density at radius 1 is 0.958 bits per heavy atom.